The molecule has 3 nitrogen and oxygen atoms in total. The standard InChI is InChI=1S/C14H13N3.C6F4I2/c1-17(2)14-7-5-12(6-8-14)3-4-13-9-15-11-16-10-13;7-1-2(8)5(11)4(10)6(12)3(1)9/h5-11H,1-2H3;. The van der Waals surface area contributed by atoms with E-state index in [4.69, 9.17) is 0 Å². The molecule has 0 aliphatic carbocycles. The van der Waals surface area contributed by atoms with E-state index in [0.29, 0.717) is 0 Å². The Hall–Kier alpha value is -1.94. The van der Waals surface area contributed by atoms with Gasteiger partial charge in [0.15, 0.2) is 23.3 Å². The fourth-order valence-corrected chi connectivity index (χ4v) is 3.46. The van der Waals surface area contributed by atoms with Gasteiger partial charge in [0.25, 0.3) is 0 Å². The van der Waals surface area contributed by atoms with Crippen LogP contribution in [0.4, 0.5) is 23.2 Å². The van der Waals surface area contributed by atoms with Gasteiger partial charge in [-0.2, -0.15) is 0 Å². The summed E-state index contributed by atoms with van der Waals surface area (Å²) in [6.07, 6.45) is 4.90. The van der Waals surface area contributed by atoms with Gasteiger partial charge in [-0.1, -0.05) is 11.8 Å². The van der Waals surface area contributed by atoms with E-state index in [0.717, 1.165) is 11.1 Å². The van der Waals surface area contributed by atoms with Crippen LogP contribution >= 0.6 is 45.2 Å². The van der Waals surface area contributed by atoms with Gasteiger partial charge in [-0.25, -0.2) is 27.5 Å². The Bertz CT molecular complexity index is 942. The Labute approximate surface area is 192 Å². The largest absolute Gasteiger partial charge is 0.378 e. The fourth-order valence-electron chi connectivity index (χ4n) is 1.93. The number of hydrogen-bond donors (Lipinski definition) is 0. The lowest BCUT2D eigenvalue weighted by Gasteiger charge is -2.11. The van der Waals surface area contributed by atoms with Crippen LogP contribution in [0, 0.1) is 42.3 Å². The van der Waals surface area contributed by atoms with Crippen molar-refractivity contribution in [3.05, 3.63) is 84.5 Å². The van der Waals surface area contributed by atoms with Crippen molar-refractivity contribution < 1.29 is 17.6 Å². The summed E-state index contributed by atoms with van der Waals surface area (Å²) in [6.45, 7) is 0. The van der Waals surface area contributed by atoms with Crippen LogP contribution in [-0.2, 0) is 0 Å². The van der Waals surface area contributed by atoms with Gasteiger partial charge in [-0.3, -0.25) is 0 Å². The van der Waals surface area contributed by atoms with Crippen LogP contribution in [-0.4, -0.2) is 24.1 Å². The topological polar surface area (TPSA) is 29.0 Å². The fraction of sp³-hybridized carbons (Fsp3) is 0.100. The van der Waals surface area contributed by atoms with Gasteiger partial charge in [0.1, 0.15) is 6.33 Å². The molecule has 0 unspecified atom stereocenters. The summed E-state index contributed by atoms with van der Waals surface area (Å²) in [6, 6.07) is 8.11. The normalized spacial score (nSPS) is 9.79. The highest BCUT2D eigenvalue weighted by Gasteiger charge is 2.21. The molecule has 0 saturated carbocycles. The Balaban J connectivity index is 0.000000221. The van der Waals surface area contributed by atoms with Crippen molar-refractivity contribution in [1.82, 2.24) is 9.97 Å². The summed E-state index contributed by atoms with van der Waals surface area (Å²) in [5.74, 6) is 0.442. The molecule has 0 radical (unpaired) electrons. The summed E-state index contributed by atoms with van der Waals surface area (Å²) in [7, 11) is 4.03. The van der Waals surface area contributed by atoms with Crippen LogP contribution in [0.1, 0.15) is 11.1 Å². The third-order valence-corrected chi connectivity index (χ3v) is 5.35. The second-order valence-electron chi connectivity index (χ2n) is 5.70. The minimum atomic E-state index is -1.63. The molecular formula is C20H13F4I2N3. The van der Waals surface area contributed by atoms with E-state index in [-0.39, 0.29) is 0 Å². The van der Waals surface area contributed by atoms with E-state index < -0.39 is 30.4 Å². The predicted octanol–water partition coefficient (Wildman–Crippen LogP) is 5.39. The molecule has 150 valence electrons. The average molecular weight is 625 g/mol. The van der Waals surface area contributed by atoms with Gasteiger partial charge >= 0.3 is 0 Å². The monoisotopic (exact) mass is 625 g/mol. The zero-order valence-electron chi connectivity index (χ0n) is 15.2. The minimum Gasteiger partial charge on any atom is -0.378 e. The van der Waals surface area contributed by atoms with Crippen molar-refractivity contribution in [2.24, 2.45) is 0 Å². The molecule has 1 aromatic heterocycles. The molecule has 0 atom stereocenters. The summed E-state index contributed by atoms with van der Waals surface area (Å²) < 4.78 is 49.3. The van der Waals surface area contributed by atoms with Crippen LogP contribution in [0.2, 0.25) is 0 Å². The van der Waals surface area contributed by atoms with Gasteiger partial charge in [0.05, 0.1) is 12.7 Å². The highest BCUT2D eigenvalue weighted by molar-refractivity contribution is 14.1. The molecule has 0 aliphatic heterocycles. The third kappa shape index (κ3) is 6.27. The van der Waals surface area contributed by atoms with E-state index >= 15 is 0 Å². The average Bonchev–Trinajstić information content (AvgIpc) is 2.75. The first-order valence-electron chi connectivity index (χ1n) is 7.93. The minimum absolute atomic E-state index is 0.532. The van der Waals surface area contributed by atoms with Crippen molar-refractivity contribution in [3.63, 3.8) is 0 Å². The molecule has 0 saturated heterocycles. The molecule has 29 heavy (non-hydrogen) atoms. The molecule has 2 aromatic carbocycles. The molecule has 0 amide bonds. The molecule has 3 rings (SSSR count). The van der Waals surface area contributed by atoms with Crippen molar-refractivity contribution in [3.8, 4) is 11.8 Å². The number of rotatable bonds is 1. The Kier molecular flexibility index (Phi) is 8.63. The number of benzene rings is 2. The lowest BCUT2D eigenvalue weighted by molar-refractivity contribution is 0.423. The molecule has 9 heteroatoms. The highest BCUT2D eigenvalue weighted by Crippen LogP contribution is 2.26. The van der Waals surface area contributed by atoms with Gasteiger partial charge in [-0.15, -0.1) is 0 Å². The van der Waals surface area contributed by atoms with Crippen molar-refractivity contribution in [2.75, 3.05) is 19.0 Å². The lowest BCUT2D eigenvalue weighted by Crippen LogP contribution is -2.07. The maximum atomic E-state index is 12.8. The Morgan fingerprint density at radius 1 is 0.724 bits per heavy atom. The van der Waals surface area contributed by atoms with Crippen molar-refractivity contribution >= 4 is 50.9 Å². The molecule has 0 aliphatic rings. The lowest BCUT2D eigenvalue weighted by atomic mass is 10.2. The Morgan fingerprint density at radius 3 is 1.69 bits per heavy atom. The zero-order chi connectivity index (χ0) is 21.6. The van der Waals surface area contributed by atoms with Gasteiger partial charge in [0.2, 0.25) is 0 Å². The molecule has 0 spiro atoms. The second kappa shape index (κ2) is 10.7. The van der Waals surface area contributed by atoms with E-state index in [2.05, 4.69) is 26.7 Å². The molecule has 3 aromatic rings. The van der Waals surface area contributed by atoms with E-state index in [1.807, 2.05) is 38.4 Å². The van der Waals surface area contributed by atoms with Crippen LogP contribution in [0.3, 0.4) is 0 Å². The summed E-state index contributed by atoms with van der Waals surface area (Å²) in [5.41, 5.74) is 2.97. The van der Waals surface area contributed by atoms with E-state index in [1.54, 1.807) is 12.4 Å². The number of halogens is 6. The zero-order valence-corrected chi connectivity index (χ0v) is 19.5. The predicted molar refractivity (Wildman–Crippen MR) is 120 cm³/mol. The number of hydrogen-bond acceptors (Lipinski definition) is 3. The maximum absolute atomic E-state index is 12.8. The summed E-state index contributed by atoms with van der Waals surface area (Å²) >= 11 is 2.55. The molecule has 0 bridgehead atoms. The first-order chi connectivity index (χ1) is 13.7. The third-order valence-electron chi connectivity index (χ3n) is 3.45. The molecule has 1 heterocycles. The maximum Gasteiger partial charge on any atom is 0.196 e. The van der Waals surface area contributed by atoms with E-state index in [1.165, 1.54) is 57.2 Å². The van der Waals surface area contributed by atoms with Gasteiger partial charge < -0.3 is 4.90 Å². The van der Waals surface area contributed by atoms with Crippen LogP contribution < -0.4 is 4.90 Å². The van der Waals surface area contributed by atoms with Crippen molar-refractivity contribution in [2.45, 2.75) is 0 Å². The second-order valence-corrected chi connectivity index (χ2v) is 7.86. The highest BCUT2D eigenvalue weighted by atomic mass is 127. The van der Waals surface area contributed by atoms with Gasteiger partial charge in [0, 0.05) is 37.7 Å². The van der Waals surface area contributed by atoms with Crippen molar-refractivity contribution in [1.29, 1.82) is 0 Å². The van der Waals surface area contributed by atoms with Crippen LogP contribution in [0.15, 0.2) is 43.0 Å². The van der Waals surface area contributed by atoms with Gasteiger partial charge in [-0.05, 0) is 69.4 Å². The number of anilines is 1. The molecule has 0 N–H and O–H groups in total. The SMILES string of the molecule is CN(C)c1ccc(C#Cc2cncnc2)cc1.Fc1c(F)c(I)c(F)c(I)c1F. The smallest absolute Gasteiger partial charge is 0.196 e. The quantitative estimate of drug-likeness (QED) is 0.120. The molecule has 0 fully saturated rings. The van der Waals surface area contributed by atoms with Crippen LogP contribution in [0.5, 0.6) is 0 Å². The summed E-state index contributed by atoms with van der Waals surface area (Å²) in [4.78, 5) is 9.89. The van der Waals surface area contributed by atoms with E-state index in [9.17, 15) is 17.6 Å². The number of nitrogens with zero attached hydrogens (tertiary/aromatic N) is 3. The van der Waals surface area contributed by atoms with Crippen LogP contribution in [0.25, 0.3) is 0 Å². The Morgan fingerprint density at radius 2 is 1.21 bits per heavy atom. The first kappa shape index (κ1) is 23.3. The number of aromatic nitrogens is 2. The molecular weight excluding hydrogens is 612 g/mol. The first-order valence-corrected chi connectivity index (χ1v) is 10.1. The summed E-state index contributed by atoms with van der Waals surface area (Å²) in [5, 5.41) is 0.